The van der Waals surface area contributed by atoms with E-state index in [4.69, 9.17) is 4.74 Å². The molecule has 1 heterocycles. The molecular weight excluding hydrogens is 142 g/mol. The van der Waals surface area contributed by atoms with Gasteiger partial charge in [-0.25, -0.2) is 0 Å². The fourth-order valence-corrected chi connectivity index (χ4v) is 0.862. The summed E-state index contributed by atoms with van der Waals surface area (Å²) in [7, 11) is 3.64. The maximum atomic E-state index is 4.93. The van der Waals surface area contributed by atoms with Gasteiger partial charge in [0.2, 0.25) is 0 Å². The maximum absolute atomic E-state index is 4.93. The zero-order chi connectivity index (χ0) is 8.27. The molecule has 0 aliphatic heterocycles. The average molecular weight is 155 g/mol. The van der Waals surface area contributed by atoms with Gasteiger partial charge in [-0.3, -0.25) is 0 Å². The van der Waals surface area contributed by atoms with E-state index in [1.807, 2.05) is 18.5 Å². The van der Waals surface area contributed by atoms with Gasteiger partial charge in [-0.05, 0) is 6.92 Å². The van der Waals surface area contributed by atoms with Gasteiger partial charge in [0.25, 0.3) is 0 Å². The van der Waals surface area contributed by atoms with Gasteiger partial charge >= 0.3 is 0 Å². The summed E-state index contributed by atoms with van der Waals surface area (Å²) in [4.78, 5) is 0. The summed E-state index contributed by atoms with van der Waals surface area (Å²) in [6.07, 6.45) is 0.827. The van der Waals surface area contributed by atoms with Crippen LogP contribution in [0.4, 0.5) is 0 Å². The molecule has 0 aliphatic rings. The molecule has 0 unspecified atom stereocenters. The minimum atomic E-state index is 0.700. The summed E-state index contributed by atoms with van der Waals surface area (Å²) >= 11 is 0. The van der Waals surface area contributed by atoms with Gasteiger partial charge in [0.05, 0.1) is 6.61 Å². The predicted molar refractivity (Wildman–Crippen MR) is 41.3 cm³/mol. The first-order valence-electron chi connectivity index (χ1n) is 3.59. The van der Waals surface area contributed by atoms with E-state index in [9.17, 15) is 0 Å². The largest absolute Gasteiger partial charge is 0.384 e. The fraction of sp³-hybridized carbons (Fsp3) is 0.714. The van der Waals surface area contributed by atoms with E-state index in [1.165, 1.54) is 0 Å². The lowest BCUT2D eigenvalue weighted by atomic mass is 10.4. The molecule has 1 aromatic heterocycles. The van der Waals surface area contributed by atoms with Crippen molar-refractivity contribution in [1.29, 1.82) is 0 Å². The molecule has 0 atom stereocenters. The van der Waals surface area contributed by atoms with E-state index in [0.717, 1.165) is 18.1 Å². The van der Waals surface area contributed by atoms with Crippen molar-refractivity contribution in [3.05, 3.63) is 11.6 Å². The smallest absolute Gasteiger partial charge is 0.135 e. The van der Waals surface area contributed by atoms with Crippen LogP contribution >= 0.6 is 0 Å². The van der Waals surface area contributed by atoms with Crippen LogP contribution in [0, 0.1) is 6.92 Å². The lowest BCUT2D eigenvalue weighted by molar-refractivity contribution is 0.199. The summed E-state index contributed by atoms with van der Waals surface area (Å²) in [6.45, 7) is 2.63. The number of ether oxygens (including phenoxy) is 1. The minimum absolute atomic E-state index is 0.700. The monoisotopic (exact) mass is 155 g/mol. The van der Waals surface area contributed by atoms with Crippen molar-refractivity contribution in [1.82, 2.24) is 14.8 Å². The van der Waals surface area contributed by atoms with Crippen LogP contribution in [0.15, 0.2) is 0 Å². The van der Waals surface area contributed by atoms with Crippen LogP contribution in [0.2, 0.25) is 0 Å². The topological polar surface area (TPSA) is 39.9 Å². The molecule has 11 heavy (non-hydrogen) atoms. The van der Waals surface area contributed by atoms with Crippen molar-refractivity contribution in [3.8, 4) is 0 Å². The molecule has 0 saturated carbocycles. The number of rotatable bonds is 3. The molecule has 1 rings (SSSR count). The number of aryl methyl sites for hydroxylation is 1. The normalized spacial score (nSPS) is 10.5. The van der Waals surface area contributed by atoms with Crippen molar-refractivity contribution in [2.75, 3.05) is 13.7 Å². The van der Waals surface area contributed by atoms with Crippen LogP contribution in [0.1, 0.15) is 11.6 Å². The second-order valence-electron chi connectivity index (χ2n) is 2.47. The molecule has 0 N–H and O–H groups in total. The van der Waals surface area contributed by atoms with Gasteiger partial charge < -0.3 is 9.30 Å². The molecule has 4 heteroatoms. The highest BCUT2D eigenvalue weighted by Crippen LogP contribution is 1.97. The molecule has 0 bridgehead atoms. The molecule has 0 aliphatic carbocycles. The van der Waals surface area contributed by atoms with Crippen LogP contribution in [-0.4, -0.2) is 28.5 Å². The number of aromatic nitrogens is 3. The third-order valence-corrected chi connectivity index (χ3v) is 1.71. The van der Waals surface area contributed by atoms with E-state index in [2.05, 4.69) is 10.2 Å². The molecule has 0 spiro atoms. The van der Waals surface area contributed by atoms with E-state index < -0.39 is 0 Å². The first-order valence-corrected chi connectivity index (χ1v) is 3.59. The van der Waals surface area contributed by atoms with Crippen molar-refractivity contribution >= 4 is 0 Å². The summed E-state index contributed by atoms with van der Waals surface area (Å²) in [5.41, 5.74) is 0. The van der Waals surface area contributed by atoms with Crippen molar-refractivity contribution in [3.63, 3.8) is 0 Å². The summed E-state index contributed by atoms with van der Waals surface area (Å²) in [6, 6.07) is 0. The lowest BCUT2D eigenvalue weighted by Crippen LogP contribution is -2.03. The Morgan fingerprint density at radius 2 is 2.18 bits per heavy atom. The molecule has 0 saturated heterocycles. The molecule has 0 amide bonds. The van der Waals surface area contributed by atoms with Gasteiger partial charge in [-0.1, -0.05) is 0 Å². The Morgan fingerprint density at radius 3 is 2.64 bits per heavy atom. The second kappa shape index (κ2) is 3.48. The third kappa shape index (κ3) is 1.77. The number of methoxy groups -OCH3 is 1. The lowest BCUT2D eigenvalue weighted by Gasteiger charge is -1.99. The van der Waals surface area contributed by atoms with Crippen LogP contribution in [-0.2, 0) is 18.2 Å². The summed E-state index contributed by atoms with van der Waals surface area (Å²) < 4.78 is 6.90. The standard InChI is InChI=1S/C7H13N3O/c1-6-8-9-7(10(6)2)4-5-11-3/h4-5H2,1-3H3. The highest BCUT2D eigenvalue weighted by molar-refractivity contribution is 4.92. The summed E-state index contributed by atoms with van der Waals surface area (Å²) in [5, 5.41) is 7.91. The van der Waals surface area contributed by atoms with Gasteiger partial charge in [0.1, 0.15) is 11.6 Å². The van der Waals surface area contributed by atoms with Crippen LogP contribution in [0.25, 0.3) is 0 Å². The fourth-order valence-electron chi connectivity index (χ4n) is 0.862. The Bertz CT molecular complexity index is 232. The van der Waals surface area contributed by atoms with Crippen LogP contribution in [0.3, 0.4) is 0 Å². The Morgan fingerprint density at radius 1 is 1.45 bits per heavy atom. The van der Waals surface area contributed by atoms with Crippen molar-refractivity contribution in [2.24, 2.45) is 7.05 Å². The molecule has 62 valence electrons. The molecule has 0 fully saturated rings. The van der Waals surface area contributed by atoms with Crippen LogP contribution < -0.4 is 0 Å². The second-order valence-corrected chi connectivity index (χ2v) is 2.47. The zero-order valence-electron chi connectivity index (χ0n) is 7.16. The molecular formula is C7H13N3O. The SMILES string of the molecule is COCCc1nnc(C)n1C. The zero-order valence-corrected chi connectivity index (χ0v) is 7.16. The molecule has 4 nitrogen and oxygen atoms in total. The minimum Gasteiger partial charge on any atom is -0.384 e. The van der Waals surface area contributed by atoms with E-state index in [1.54, 1.807) is 7.11 Å². The Balaban J connectivity index is 2.63. The molecule has 0 radical (unpaired) electrons. The van der Waals surface area contributed by atoms with E-state index >= 15 is 0 Å². The predicted octanol–water partition coefficient (Wildman–Crippen LogP) is 0.312. The van der Waals surface area contributed by atoms with E-state index in [-0.39, 0.29) is 0 Å². The molecule has 0 aromatic carbocycles. The van der Waals surface area contributed by atoms with Gasteiger partial charge in [-0.15, -0.1) is 10.2 Å². The number of hydrogen-bond acceptors (Lipinski definition) is 3. The Hall–Kier alpha value is -0.900. The number of nitrogens with zero attached hydrogens (tertiary/aromatic N) is 3. The highest BCUT2D eigenvalue weighted by atomic mass is 16.5. The van der Waals surface area contributed by atoms with Gasteiger partial charge in [0.15, 0.2) is 0 Å². The molecule has 1 aromatic rings. The Kier molecular flexibility index (Phi) is 2.59. The summed E-state index contributed by atoms with van der Waals surface area (Å²) in [5.74, 6) is 1.92. The maximum Gasteiger partial charge on any atom is 0.135 e. The van der Waals surface area contributed by atoms with Gasteiger partial charge in [-0.2, -0.15) is 0 Å². The first kappa shape index (κ1) is 8.20. The first-order chi connectivity index (χ1) is 5.25. The number of hydrogen-bond donors (Lipinski definition) is 0. The van der Waals surface area contributed by atoms with Gasteiger partial charge in [0, 0.05) is 20.6 Å². The van der Waals surface area contributed by atoms with E-state index in [0.29, 0.717) is 6.61 Å². The van der Waals surface area contributed by atoms with Crippen molar-refractivity contribution < 1.29 is 4.74 Å². The quantitative estimate of drug-likeness (QED) is 0.630. The Labute approximate surface area is 66.2 Å². The highest BCUT2D eigenvalue weighted by Gasteiger charge is 2.02. The average Bonchev–Trinajstić information content (AvgIpc) is 2.31. The third-order valence-electron chi connectivity index (χ3n) is 1.71. The van der Waals surface area contributed by atoms with Crippen molar-refractivity contribution in [2.45, 2.75) is 13.3 Å². The van der Waals surface area contributed by atoms with Crippen LogP contribution in [0.5, 0.6) is 0 Å².